The molecule has 0 amide bonds. The zero-order valence-corrected chi connectivity index (χ0v) is 16.2. The zero-order chi connectivity index (χ0) is 18.7. The molecule has 1 heterocycles. The summed E-state index contributed by atoms with van der Waals surface area (Å²) in [6.07, 6.45) is 0. The highest BCUT2D eigenvalue weighted by molar-refractivity contribution is 7.99. The number of carbonyl (C=O) groups is 1. The Hall–Kier alpha value is -1.60. The molecule has 8 heteroatoms. The van der Waals surface area contributed by atoms with Gasteiger partial charge in [0.15, 0.2) is 11.5 Å². The molecule has 2 unspecified atom stereocenters. The van der Waals surface area contributed by atoms with Crippen LogP contribution in [0.4, 0.5) is 0 Å². The van der Waals surface area contributed by atoms with Crippen molar-refractivity contribution in [1.29, 1.82) is 0 Å². The largest absolute Gasteiger partial charge is 0.493 e. The Bertz CT molecular complexity index is 818. The van der Waals surface area contributed by atoms with Gasteiger partial charge in [0.05, 0.1) is 22.5 Å². The first kappa shape index (κ1) is 19.2. The van der Waals surface area contributed by atoms with E-state index in [1.165, 1.54) is 0 Å². The lowest BCUT2D eigenvalue weighted by Crippen LogP contribution is -2.33. The highest BCUT2D eigenvalue weighted by Gasteiger charge is 2.30. The van der Waals surface area contributed by atoms with Crippen molar-refractivity contribution in [2.24, 2.45) is 0 Å². The maximum absolute atomic E-state index is 11.1. The summed E-state index contributed by atoms with van der Waals surface area (Å²) in [6.45, 7) is 0.324. The van der Waals surface area contributed by atoms with Crippen LogP contribution in [0.5, 0.6) is 11.5 Å². The summed E-state index contributed by atoms with van der Waals surface area (Å²) >= 11 is 13.5. The van der Waals surface area contributed by atoms with E-state index in [-0.39, 0.29) is 5.37 Å². The van der Waals surface area contributed by atoms with Gasteiger partial charge < -0.3 is 14.6 Å². The molecule has 2 atom stereocenters. The summed E-state index contributed by atoms with van der Waals surface area (Å²) in [4.78, 5) is 11.1. The zero-order valence-electron chi connectivity index (χ0n) is 13.9. The lowest BCUT2D eigenvalue weighted by atomic mass is 10.2. The third-order valence-corrected chi connectivity index (χ3v) is 5.96. The van der Waals surface area contributed by atoms with Gasteiger partial charge in [-0.2, -0.15) is 0 Å². The van der Waals surface area contributed by atoms with Crippen molar-refractivity contribution in [2.45, 2.75) is 18.0 Å². The quantitative estimate of drug-likeness (QED) is 0.732. The molecule has 3 rings (SSSR count). The monoisotopic (exact) mass is 413 g/mol. The number of aliphatic carboxylic acids is 1. The van der Waals surface area contributed by atoms with Crippen molar-refractivity contribution in [3.8, 4) is 11.5 Å². The number of benzene rings is 2. The topological polar surface area (TPSA) is 67.8 Å². The molecule has 1 fully saturated rings. The van der Waals surface area contributed by atoms with Crippen molar-refractivity contribution < 1.29 is 19.4 Å². The highest BCUT2D eigenvalue weighted by atomic mass is 35.5. The first-order chi connectivity index (χ1) is 12.5. The van der Waals surface area contributed by atoms with E-state index in [0.717, 1.165) is 11.1 Å². The molecule has 1 aliphatic rings. The van der Waals surface area contributed by atoms with Crippen LogP contribution < -0.4 is 14.8 Å². The molecule has 0 aromatic heterocycles. The number of carboxylic acids is 1. The molecule has 1 saturated heterocycles. The van der Waals surface area contributed by atoms with E-state index < -0.39 is 12.0 Å². The molecule has 0 saturated carbocycles. The standard InChI is InChI=1S/C18H17Cl2NO4S/c1-24-16-7-11(17-21-14(9-26-17)18(22)23)3-5-15(16)25-8-10-2-4-12(19)13(20)6-10/h2-7,14,17,21H,8-9H2,1H3,(H,22,23). The van der Waals surface area contributed by atoms with E-state index in [4.69, 9.17) is 37.8 Å². The Balaban J connectivity index is 1.70. The normalized spacial score (nSPS) is 19.3. The number of nitrogens with one attached hydrogen (secondary N) is 1. The highest BCUT2D eigenvalue weighted by Crippen LogP contribution is 2.37. The molecule has 2 N–H and O–H groups in total. The molecule has 2 aromatic rings. The Morgan fingerprint density at radius 2 is 2.04 bits per heavy atom. The van der Waals surface area contributed by atoms with Crippen LogP contribution in [0.2, 0.25) is 10.0 Å². The molecular formula is C18H17Cl2NO4S. The van der Waals surface area contributed by atoms with Gasteiger partial charge in [-0.3, -0.25) is 10.1 Å². The van der Waals surface area contributed by atoms with Crippen molar-refractivity contribution in [2.75, 3.05) is 12.9 Å². The van der Waals surface area contributed by atoms with Crippen molar-refractivity contribution in [3.63, 3.8) is 0 Å². The fourth-order valence-corrected chi connectivity index (χ4v) is 4.11. The molecule has 26 heavy (non-hydrogen) atoms. The Morgan fingerprint density at radius 1 is 1.23 bits per heavy atom. The van der Waals surface area contributed by atoms with Crippen LogP contribution in [0.3, 0.4) is 0 Å². The Morgan fingerprint density at radius 3 is 2.69 bits per heavy atom. The van der Waals surface area contributed by atoms with Crippen molar-refractivity contribution in [1.82, 2.24) is 5.32 Å². The van der Waals surface area contributed by atoms with Crippen LogP contribution in [0.15, 0.2) is 36.4 Å². The summed E-state index contributed by atoms with van der Waals surface area (Å²) in [5.74, 6) is 0.870. The lowest BCUT2D eigenvalue weighted by Gasteiger charge is -2.16. The SMILES string of the molecule is COc1cc(C2NC(C(=O)O)CS2)ccc1OCc1ccc(Cl)c(Cl)c1. The molecule has 138 valence electrons. The lowest BCUT2D eigenvalue weighted by molar-refractivity contribution is -0.138. The molecular weight excluding hydrogens is 397 g/mol. The van der Waals surface area contributed by atoms with Gasteiger partial charge in [-0.05, 0) is 35.4 Å². The van der Waals surface area contributed by atoms with E-state index in [1.54, 1.807) is 31.0 Å². The summed E-state index contributed by atoms with van der Waals surface area (Å²) in [6, 6.07) is 10.4. The number of thioether (sulfide) groups is 1. The molecule has 0 radical (unpaired) electrons. The average molecular weight is 414 g/mol. The number of hydrogen-bond acceptors (Lipinski definition) is 5. The van der Waals surface area contributed by atoms with Crippen LogP contribution in [0.25, 0.3) is 0 Å². The van der Waals surface area contributed by atoms with Crippen LogP contribution >= 0.6 is 35.0 Å². The minimum Gasteiger partial charge on any atom is -0.493 e. The molecule has 0 spiro atoms. The third-order valence-electron chi connectivity index (χ3n) is 3.95. The fourth-order valence-electron chi connectivity index (χ4n) is 2.56. The number of carboxylic acid groups (broad SMARTS) is 1. The number of rotatable bonds is 6. The van der Waals surface area contributed by atoms with Gasteiger partial charge in [0.25, 0.3) is 0 Å². The van der Waals surface area contributed by atoms with E-state index in [9.17, 15) is 4.79 Å². The number of methoxy groups -OCH3 is 1. The van der Waals surface area contributed by atoms with Crippen LogP contribution in [-0.2, 0) is 11.4 Å². The minimum atomic E-state index is -0.839. The van der Waals surface area contributed by atoms with Gasteiger partial charge in [-0.1, -0.05) is 35.3 Å². The van der Waals surface area contributed by atoms with E-state index in [0.29, 0.717) is 33.9 Å². The van der Waals surface area contributed by atoms with Gasteiger partial charge in [0.2, 0.25) is 0 Å². The van der Waals surface area contributed by atoms with Crippen LogP contribution in [0.1, 0.15) is 16.5 Å². The van der Waals surface area contributed by atoms with Crippen LogP contribution in [0, 0.1) is 0 Å². The summed E-state index contributed by atoms with van der Waals surface area (Å²) in [7, 11) is 1.57. The van der Waals surface area contributed by atoms with Gasteiger partial charge in [0.1, 0.15) is 12.6 Å². The van der Waals surface area contributed by atoms with Crippen molar-refractivity contribution >= 4 is 40.9 Å². The Kier molecular flexibility index (Phi) is 6.19. The van der Waals surface area contributed by atoms with E-state index >= 15 is 0 Å². The second-order valence-corrected chi connectivity index (χ2v) is 7.67. The second kappa shape index (κ2) is 8.39. The molecule has 0 aliphatic carbocycles. The first-order valence-electron chi connectivity index (χ1n) is 7.83. The first-order valence-corrected chi connectivity index (χ1v) is 9.63. The predicted octanol–water partition coefficient (Wildman–Crippen LogP) is 4.37. The summed E-state index contributed by atoms with van der Waals surface area (Å²) < 4.78 is 11.3. The number of halogens is 2. The third kappa shape index (κ3) is 4.38. The minimum absolute atomic E-state index is 0.0888. The van der Waals surface area contributed by atoms with Gasteiger partial charge >= 0.3 is 5.97 Å². The Labute approximate surface area is 165 Å². The maximum atomic E-state index is 11.1. The summed E-state index contributed by atoms with van der Waals surface area (Å²) in [5, 5.41) is 13.1. The molecule has 0 bridgehead atoms. The number of ether oxygens (including phenoxy) is 2. The molecule has 5 nitrogen and oxygen atoms in total. The van der Waals surface area contributed by atoms with Crippen molar-refractivity contribution in [3.05, 3.63) is 57.6 Å². The van der Waals surface area contributed by atoms with Crippen LogP contribution in [-0.4, -0.2) is 30.0 Å². The molecule has 2 aromatic carbocycles. The number of hydrogen-bond donors (Lipinski definition) is 2. The molecule has 1 aliphatic heterocycles. The van der Waals surface area contributed by atoms with Gasteiger partial charge in [0, 0.05) is 5.75 Å². The second-order valence-electron chi connectivity index (χ2n) is 5.72. The predicted molar refractivity (Wildman–Crippen MR) is 104 cm³/mol. The fraction of sp³-hybridized carbons (Fsp3) is 0.278. The van der Waals surface area contributed by atoms with E-state index in [1.807, 2.05) is 24.3 Å². The maximum Gasteiger partial charge on any atom is 0.321 e. The van der Waals surface area contributed by atoms with E-state index in [2.05, 4.69) is 5.32 Å². The van der Waals surface area contributed by atoms with Gasteiger partial charge in [-0.15, -0.1) is 11.8 Å². The average Bonchev–Trinajstić information content (AvgIpc) is 3.13. The van der Waals surface area contributed by atoms with Gasteiger partial charge in [-0.25, -0.2) is 0 Å². The smallest absolute Gasteiger partial charge is 0.321 e. The summed E-state index contributed by atoms with van der Waals surface area (Å²) in [5.41, 5.74) is 1.83.